The third-order valence-corrected chi connectivity index (χ3v) is 2.97. The second kappa shape index (κ2) is 4.80. The zero-order chi connectivity index (χ0) is 13.2. The lowest BCUT2D eigenvalue weighted by molar-refractivity contribution is 0.348. The Kier molecular flexibility index (Phi) is 2.99. The van der Waals surface area contributed by atoms with Crippen LogP contribution < -0.4 is 0 Å². The molecule has 1 aliphatic heterocycles. The number of ether oxygens (including phenoxy) is 1. The molecule has 0 amide bonds. The van der Waals surface area contributed by atoms with Gasteiger partial charge in [-0.1, -0.05) is 18.2 Å². The minimum absolute atomic E-state index is 0.0108. The van der Waals surface area contributed by atoms with Gasteiger partial charge in [0.15, 0.2) is 0 Å². The van der Waals surface area contributed by atoms with E-state index in [1.54, 1.807) is 24.3 Å². The highest BCUT2D eigenvalue weighted by atomic mass is 19.1. The molecular formula is C15H11F2NO. The van der Waals surface area contributed by atoms with Crippen LogP contribution in [0.2, 0.25) is 0 Å². The van der Waals surface area contributed by atoms with Crippen molar-refractivity contribution in [1.29, 1.82) is 0 Å². The first-order chi connectivity index (χ1) is 9.25. The molecule has 1 heterocycles. The highest BCUT2D eigenvalue weighted by Crippen LogP contribution is 2.26. The highest BCUT2D eigenvalue weighted by molar-refractivity contribution is 5.95. The molecule has 0 atom stereocenters. The van der Waals surface area contributed by atoms with Crippen LogP contribution >= 0.6 is 0 Å². The van der Waals surface area contributed by atoms with Gasteiger partial charge in [0.2, 0.25) is 5.90 Å². The maximum absolute atomic E-state index is 13.6. The van der Waals surface area contributed by atoms with Gasteiger partial charge in [-0.3, -0.25) is 0 Å². The molecule has 0 N–H and O–H groups in total. The van der Waals surface area contributed by atoms with Crippen molar-refractivity contribution >= 4 is 5.90 Å². The molecule has 0 unspecified atom stereocenters. The lowest BCUT2D eigenvalue weighted by Crippen LogP contribution is -2.00. The van der Waals surface area contributed by atoms with E-state index < -0.39 is 11.6 Å². The normalized spacial score (nSPS) is 14.1. The number of aliphatic imine (C=N–C) groups is 1. The van der Waals surface area contributed by atoms with Crippen LogP contribution in [-0.2, 0) is 4.74 Å². The number of hydrogen-bond donors (Lipinski definition) is 0. The van der Waals surface area contributed by atoms with E-state index in [1.165, 1.54) is 18.2 Å². The minimum atomic E-state index is -0.567. The van der Waals surface area contributed by atoms with Crippen molar-refractivity contribution in [3.05, 3.63) is 59.7 Å². The first-order valence-corrected chi connectivity index (χ1v) is 5.98. The predicted molar refractivity (Wildman–Crippen MR) is 69.2 cm³/mol. The quantitative estimate of drug-likeness (QED) is 0.810. The molecular weight excluding hydrogens is 248 g/mol. The van der Waals surface area contributed by atoms with Crippen LogP contribution in [0.3, 0.4) is 0 Å². The summed E-state index contributed by atoms with van der Waals surface area (Å²) in [4.78, 5) is 4.19. The summed E-state index contributed by atoms with van der Waals surface area (Å²) < 4.78 is 32.6. The van der Waals surface area contributed by atoms with Crippen molar-refractivity contribution in [3.8, 4) is 11.1 Å². The molecule has 2 aromatic carbocycles. The van der Waals surface area contributed by atoms with Gasteiger partial charge in [-0.15, -0.1) is 0 Å². The van der Waals surface area contributed by atoms with Gasteiger partial charge in [-0.25, -0.2) is 13.8 Å². The second-order valence-electron chi connectivity index (χ2n) is 4.21. The van der Waals surface area contributed by atoms with Crippen molar-refractivity contribution in [2.24, 2.45) is 4.99 Å². The van der Waals surface area contributed by atoms with Crippen LogP contribution in [0.5, 0.6) is 0 Å². The van der Waals surface area contributed by atoms with Crippen molar-refractivity contribution in [2.75, 3.05) is 13.2 Å². The first kappa shape index (κ1) is 11.8. The maximum Gasteiger partial charge on any atom is 0.216 e. The molecule has 0 saturated carbocycles. The zero-order valence-electron chi connectivity index (χ0n) is 10.1. The van der Waals surface area contributed by atoms with Crippen molar-refractivity contribution < 1.29 is 13.5 Å². The Morgan fingerprint density at radius 1 is 0.895 bits per heavy atom. The smallest absolute Gasteiger partial charge is 0.216 e. The Balaban J connectivity index is 1.98. The molecule has 2 nitrogen and oxygen atoms in total. The fourth-order valence-electron chi connectivity index (χ4n) is 2.06. The van der Waals surface area contributed by atoms with E-state index in [2.05, 4.69) is 4.99 Å². The van der Waals surface area contributed by atoms with Gasteiger partial charge in [-0.2, -0.15) is 0 Å². The Morgan fingerprint density at radius 2 is 1.53 bits per heavy atom. The summed E-state index contributed by atoms with van der Waals surface area (Å²) in [5.74, 6) is -0.551. The monoisotopic (exact) mass is 259 g/mol. The topological polar surface area (TPSA) is 21.6 Å². The number of nitrogens with zero attached hydrogens (tertiary/aromatic N) is 1. The van der Waals surface area contributed by atoms with E-state index in [0.717, 1.165) is 5.56 Å². The summed E-state index contributed by atoms with van der Waals surface area (Å²) in [6, 6.07) is 10.7. The molecule has 1 aliphatic rings. The van der Waals surface area contributed by atoms with Gasteiger partial charge in [0.25, 0.3) is 0 Å². The van der Waals surface area contributed by atoms with E-state index in [1.807, 2.05) is 0 Å². The molecule has 0 fully saturated rings. The average Bonchev–Trinajstić information content (AvgIpc) is 2.93. The molecule has 4 heteroatoms. The number of halogens is 2. The third kappa shape index (κ3) is 2.21. The van der Waals surface area contributed by atoms with Gasteiger partial charge in [0.1, 0.15) is 18.2 Å². The van der Waals surface area contributed by atoms with Crippen LogP contribution in [0, 0.1) is 11.6 Å². The summed E-state index contributed by atoms with van der Waals surface area (Å²) in [7, 11) is 0. The molecule has 3 rings (SSSR count). The van der Waals surface area contributed by atoms with Gasteiger partial charge < -0.3 is 4.74 Å². The molecule has 0 aliphatic carbocycles. The Labute approximate surface area is 109 Å². The summed E-state index contributed by atoms with van der Waals surface area (Å²) in [5, 5.41) is 0. The standard InChI is InChI=1S/C15H11F2NO/c16-12-2-1-3-13(17)14(12)10-4-6-11(7-5-10)15-18-8-9-19-15/h1-7H,8-9H2. The number of rotatable bonds is 2. The summed E-state index contributed by atoms with van der Waals surface area (Å²) in [6.45, 7) is 1.23. The fourth-order valence-corrected chi connectivity index (χ4v) is 2.06. The molecule has 19 heavy (non-hydrogen) atoms. The van der Waals surface area contributed by atoms with Gasteiger partial charge >= 0.3 is 0 Å². The summed E-state index contributed by atoms with van der Waals surface area (Å²) in [6.07, 6.45) is 0. The molecule has 96 valence electrons. The molecule has 0 saturated heterocycles. The molecule has 0 spiro atoms. The van der Waals surface area contributed by atoms with E-state index >= 15 is 0 Å². The highest BCUT2D eigenvalue weighted by Gasteiger charge is 2.13. The zero-order valence-corrected chi connectivity index (χ0v) is 10.1. The van der Waals surface area contributed by atoms with Crippen molar-refractivity contribution in [3.63, 3.8) is 0 Å². The van der Waals surface area contributed by atoms with Crippen LogP contribution in [0.4, 0.5) is 8.78 Å². The Morgan fingerprint density at radius 3 is 2.11 bits per heavy atom. The van der Waals surface area contributed by atoms with E-state index in [-0.39, 0.29) is 5.56 Å². The second-order valence-corrected chi connectivity index (χ2v) is 4.21. The minimum Gasteiger partial charge on any atom is -0.476 e. The lowest BCUT2D eigenvalue weighted by atomic mass is 10.0. The summed E-state index contributed by atoms with van der Waals surface area (Å²) >= 11 is 0. The van der Waals surface area contributed by atoms with Crippen molar-refractivity contribution in [2.45, 2.75) is 0 Å². The molecule has 0 bridgehead atoms. The molecule has 0 aromatic heterocycles. The molecule has 2 aromatic rings. The van der Waals surface area contributed by atoms with E-state index in [4.69, 9.17) is 4.74 Å². The first-order valence-electron chi connectivity index (χ1n) is 5.98. The predicted octanol–water partition coefficient (Wildman–Crippen LogP) is 3.41. The summed E-state index contributed by atoms with van der Waals surface area (Å²) in [5.41, 5.74) is 1.30. The van der Waals surface area contributed by atoms with Gasteiger partial charge in [-0.05, 0) is 29.8 Å². The van der Waals surface area contributed by atoms with Gasteiger partial charge in [0.05, 0.1) is 12.1 Å². The SMILES string of the molecule is Fc1cccc(F)c1-c1ccc(C2=NCCO2)cc1. The van der Waals surface area contributed by atoms with Gasteiger partial charge in [0, 0.05) is 5.56 Å². The number of benzene rings is 2. The van der Waals surface area contributed by atoms with Crippen LogP contribution in [-0.4, -0.2) is 19.0 Å². The largest absolute Gasteiger partial charge is 0.476 e. The lowest BCUT2D eigenvalue weighted by Gasteiger charge is -2.06. The Hall–Kier alpha value is -2.23. The van der Waals surface area contributed by atoms with E-state index in [0.29, 0.717) is 24.6 Å². The third-order valence-electron chi connectivity index (χ3n) is 2.97. The van der Waals surface area contributed by atoms with E-state index in [9.17, 15) is 8.78 Å². The average molecular weight is 259 g/mol. The Bertz CT molecular complexity index is 615. The van der Waals surface area contributed by atoms with Crippen LogP contribution in [0.1, 0.15) is 5.56 Å². The van der Waals surface area contributed by atoms with Crippen LogP contribution in [0.25, 0.3) is 11.1 Å². The van der Waals surface area contributed by atoms with Crippen LogP contribution in [0.15, 0.2) is 47.5 Å². The maximum atomic E-state index is 13.6. The fraction of sp³-hybridized carbons (Fsp3) is 0.133. The van der Waals surface area contributed by atoms with Crippen molar-refractivity contribution in [1.82, 2.24) is 0 Å². The molecule has 0 radical (unpaired) electrons. The number of hydrogen-bond acceptors (Lipinski definition) is 2.